The van der Waals surface area contributed by atoms with Crippen molar-refractivity contribution in [2.75, 3.05) is 25.6 Å². The number of hydrogen-bond acceptors (Lipinski definition) is 4. The number of carbonyl (C=O) groups is 1. The molecule has 2 aromatic carbocycles. The van der Waals surface area contributed by atoms with E-state index in [1.807, 2.05) is 27.8 Å². The number of benzene rings is 2. The number of carbonyl (C=O) groups excluding carboxylic acids is 1. The van der Waals surface area contributed by atoms with E-state index in [1.54, 1.807) is 0 Å². The topological polar surface area (TPSA) is 43.7 Å². The quantitative estimate of drug-likeness (QED) is 0.449. The number of rotatable bonds is 4. The first-order valence-electron chi connectivity index (χ1n) is 10.9. The second-order valence-electron chi connectivity index (χ2n) is 9.57. The van der Waals surface area contributed by atoms with Crippen LogP contribution in [0.15, 0.2) is 30.3 Å². The Kier molecular flexibility index (Phi) is 5.76. The number of likely N-dealkylation sites (N-methyl/N-ethyl adjacent to an activating group) is 1. The molecule has 1 aliphatic heterocycles. The van der Waals surface area contributed by atoms with Crippen molar-refractivity contribution in [1.29, 1.82) is 0 Å². The predicted molar refractivity (Wildman–Crippen MR) is 131 cm³/mol. The van der Waals surface area contributed by atoms with Gasteiger partial charge in [0.1, 0.15) is 0 Å². The number of ether oxygens (including phenoxy) is 2. The summed E-state index contributed by atoms with van der Waals surface area (Å²) in [7, 11) is 3.43. The maximum Gasteiger partial charge on any atom is 0.339 e. The van der Waals surface area contributed by atoms with Gasteiger partial charge in [-0.05, 0) is 51.8 Å². The molecule has 4 rings (SSSR count). The average molecular weight is 455 g/mol. The third-order valence-electron chi connectivity index (χ3n) is 6.04. The van der Waals surface area contributed by atoms with Crippen LogP contribution >= 0.6 is 11.6 Å². The van der Waals surface area contributed by atoms with Crippen LogP contribution in [0.5, 0.6) is 0 Å². The summed E-state index contributed by atoms with van der Waals surface area (Å²) in [4.78, 5) is 15.2. The Bertz CT molecular complexity index is 1190. The van der Waals surface area contributed by atoms with Gasteiger partial charge in [0.25, 0.3) is 0 Å². The number of nitrogens with zero attached hydrogens (tertiary/aromatic N) is 2. The van der Waals surface area contributed by atoms with Crippen LogP contribution in [0.25, 0.3) is 22.0 Å². The van der Waals surface area contributed by atoms with Crippen LogP contribution in [0.2, 0.25) is 5.02 Å². The maximum atomic E-state index is 13.1. The van der Waals surface area contributed by atoms with Gasteiger partial charge in [0.15, 0.2) is 6.10 Å². The molecule has 1 aliphatic rings. The second-order valence-corrected chi connectivity index (χ2v) is 9.95. The fraction of sp³-hybridized carbons (Fsp3) is 0.423. The van der Waals surface area contributed by atoms with E-state index in [-0.39, 0.29) is 0 Å². The fourth-order valence-electron chi connectivity index (χ4n) is 4.57. The summed E-state index contributed by atoms with van der Waals surface area (Å²) in [6.07, 6.45) is -0.955. The third kappa shape index (κ3) is 3.78. The van der Waals surface area contributed by atoms with Crippen LogP contribution < -0.4 is 4.90 Å². The number of halogens is 1. The van der Waals surface area contributed by atoms with E-state index in [0.717, 1.165) is 40.8 Å². The van der Waals surface area contributed by atoms with Crippen LogP contribution in [0, 0.1) is 13.8 Å². The van der Waals surface area contributed by atoms with Gasteiger partial charge in [-0.2, -0.15) is 0 Å². The summed E-state index contributed by atoms with van der Waals surface area (Å²) in [5.74, 6) is -0.462. The minimum atomic E-state index is -0.955. The molecule has 1 atom stereocenters. The first kappa shape index (κ1) is 22.7. The molecule has 0 saturated carbocycles. The molecule has 0 saturated heterocycles. The summed E-state index contributed by atoms with van der Waals surface area (Å²) in [5, 5.41) is 1.60. The Morgan fingerprint density at radius 1 is 1.12 bits per heavy atom. The van der Waals surface area contributed by atoms with E-state index in [9.17, 15) is 4.79 Å². The molecule has 32 heavy (non-hydrogen) atoms. The molecule has 5 nitrogen and oxygen atoms in total. The Balaban J connectivity index is 2.15. The number of methoxy groups -OCH3 is 1. The number of aryl methyl sites for hydroxylation is 2. The number of aromatic nitrogens is 1. The average Bonchev–Trinajstić information content (AvgIpc) is 3.05. The first-order valence-corrected chi connectivity index (χ1v) is 11.3. The Labute approximate surface area is 194 Å². The number of hydrogen-bond donors (Lipinski definition) is 0. The lowest BCUT2D eigenvalue weighted by Gasteiger charge is -2.33. The summed E-state index contributed by atoms with van der Waals surface area (Å²) >= 11 is 7.17. The van der Waals surface area contributed by atoms with Crippen molar-refractivity contribution in [3.63, 3.8) is 0 Å². The van der Waals surface area contributed by atoms with Crippen molar-refractivity contribution < 1.29 is 14.3 Å². The minimum Gasteiger partial charge on any atom is -0.467 e. The summed E-state index contributed by atoms with van der Waals surface area (Å²) in [6.45, 7) is 11.7. The van der Waals surface area contributed by atoms with Crippen LogP contribution in [-0.2, 0) is 20.8 Å². The fourth-order valence-corrected chi connectivity index (χ4v) is 5.00. The third-order valence-corrected chi connectivity index (χ3v) is 6.42. The van der Waals surface area contributed by atoms with E-state index in [2.05, 4.69) is 53.6 Å². The minimum absolute atomic E-state index is 0.462. The van der Waals surface area contributed by atoms with Gasteiger partial charge in [-0.25, -0.2) is 4.79 Å². The van der Waals surface area contributed by atoms with Crippen LogP contribution in [-0.4, -0.2) is 36.8 Å². The highest BCUT2D eigenvalue weighted by Crippen LogP contribution is 2.50. The zero-order chi connectivity index (χ0) is 23.4. The van der Waals surface area contributed by atoms with Crippen molar-refractivity contribution in [1.82, 2.24) is 4.57 Å². The predicted octanol–water partition coefficient (Wildman–Crippen LogP) is 6.06. The van der Waals surface area contributed by atoms with E-state index in [0.29, 0.717) is 10.6 Å². The molecule has 1 unspecified atom stereocenters. The van der Waals surface area contributed by atoms with Gasteiger partial charge in [-0.15, -0.1) is 0 Å². The van der Waals surface area contributed by atoms with Crippen molar-refractivity contribution in [2.24, 2.45) is 0 Å². The molecule has 0 bridgehead atoms. The van der Waals surface area contributed by atoms with Gasteiger partial charge in [0, 0.05) is 36.8 Å². The van der Waals surface area contributed by atoms with Crippen molar-refractivity contribution in [2.45, 2.75) is 52.9 Å². The maximum absolute atomic E-state index is 13.1. The van der Waals surface area contributed by atoms with Crippen LogP contribution in [0.1, 0.15) is 43.7 Å². The summed E-state index contributed by atoms with van der Waals surface area (Å²) < 4.78 is 13.8. The van der Waals surface area contributed by atoms with E-state index < -0.39 is 17.7 Å². The number of anilines is 1. The Hall–Kier alpha value is -2.50. The van der Waals surface area contributed by atoms with Crippen molar-refractivity contribution >= 4 is 34.2 Å². The van der Waals surface area contributed by atoms with Crippen LogP contribution in [0.4, 0.5) is 5.69 Å². The molecular weight excluding hydrogens is 424 g/mol. The first-order chi connectivity index (χ1) is 15.0. The standard InChI is InChI=1S/C26H31ClN2O3/c1-15-8-10-17(11-9-15)19-18-14-16(2)29-13-12-28(6)23(22(18)29)21(27)20(19)24(25(30)31-7)32-26(3,4)5/h8-11,14,24H,12-13H2,1-7H3. The van der Waals surface area contributed by atoms with Gasteiger partial charge in [0.05, 0.1) is 28.9 Å². The van der Waals surface area contributed by atoms with E-state index in [1.165, 1.54) is 18.4 Å². The lowest BCUT2D eigenvalue weighted by atomic mass is 9.90. The Morgan fingerprint density at radius 3 is 2.38 bits per heavy atom. The SMILES string of the molecule is COC(=O)C(OC(C)(C)C)c1c(Cl)c2c3c(cc(C)n3CCN2C)c1-c1ccc(C)cc1. The zero-order valence-corrected chi connectivity index (χ0v) is 20.6. The Morgan fingerprint density at radius 2 is 1.78 bits per heavy atom. The van der Waals surface area contributed by atoms with Gasteiger partial charge in [-0.3, -0.25) is 0 Å². The lowest BCUT2D eigenvalue weighted by molar-refractivity contribution is -0.164. The van der Waals surface area contributed by atoms with E-state index in [4.69, 9.17) is 21.1 Å². The van der Waals surface area contributed by atoms with Crippen molar-refractivity contribution in [3.05, 3.63) is 52.2 Å². The molecule has 0 amide bonds. The normalized spacial score (nSPS) is 14.7. The molecule has 3 aromatic rings. The molecule has 0 N–H and O–H groups in total. The molecule has 6 heteroatoms. The van der Waals surface area contributed by atoms with Gasteiger partial charge in [-0.1, -0.05) is 41.4 Å². The molecule has 1 aromatic heterocycles. The van der Waals surface area contributed by atoms with Gasteiger partial charge >= 0.3 is 5.97 Å². The van der Waals surface area contributed by atoms with Crippen molar-refractivity contribution in [3.8, 4) is 11.1 Å². The summed E-state index contributed by atoms with van der Waals surface area (Å²) in [6, 6.07) is 10.5. The molecule has 2 heterocycles. The molecule has 0 fully saturated rings. The molecule has 0 spiro atoms. The van der Waals surface area contributed by atoms with Gasteiger partial charge in [0.2, 0.25) is 0 Å². The second kappa shape index (κ2) is 8.13. The monoisotopic (exact) mass is 454 g/mol. The molecular formula is C26H31ClN2O3. The van der Waals surface area contributed by atoms with Crippen LogP contribution in [0.3, 0.4) is 0 Å². The smallest absolute Gasteiger partial charge is 0.339 e. The highest BCUT2D eigenvalue weighted by Gasteiger charge is 2.36. The van der Waals surface area contributed by atoms with E-state index >= 15 is 0 Å². The van der Waals surface area contributed by atoms with Gasteiger partial charge < -0.3 is 18.9 Å². The lowest BCUT2D eigenvalue weighted by Crippen LogP contribution is -2.31. The zero-order valence-electron chi connectivity index (χ0n) is 19.9. The molecule has 0 aliphatic carbocycles. The molecule has 0 radical (unpaired) electrons. The molecule has 170 valence electrons. The highest BCUT2D eigenvalue weighted by molar-refractivity contribution is 6.37. The largest absolute Gasteiger partial charge is 0.467 e. The summed E-state index contributed by atoms with van der Waals surface area (Å²) in [5.41, 5.74) is 6.36. The number of esters is 1. The highest BCUT2D eigenvalue weighted by atomic mass is 35.5.